The molecule has 0 atom stereocenters. The molecule has 4 aromatic rings. The van der Waals surface area contributed by atoms with Crippen molar-refractivity contribution in [1.82, 2.24) is 20.3 Å². The summed E-state index contributed by atoms with van der Waals surface area (Å²) in [5.74, 6) is 1.43. The molecule has 6 heteroatoms. The third kappa shape index (κ3) is 3.65. The van der Waals surface area contributed by atoms with E-state index in [1.54, 1.807) is 0 Å². The van der Waals surface area contributed by atoms with Crippen LogP contribution in [0.1, 0.15) is 11.5 Å². The van der Waals surface area contributed by atoms with Crippen molar-refractivity contribution in [3.63, 3.8) is 0 Å². The van der Waals surface area contributed by atoms with Gasteiger partial charge in [-0.05, 0) is 6.92 Å². The van der Waals surface area contributed by atoms with E-state index in [0.717, 1.165) is 34.0 Å². The molecule has 0 aliphatic rings. The second-order valence-electron chi connectivity index (χ2n) is 5.74. The number of benzene rings is 2. The van der Waals surface area contributed by atoms with Gasteiger partial charge in [-0.15, -0.1) is 10.2 Å². The minimum absolute atomic E-state index is 0.615. The lowest BCUT2D eigenvalue weighted by molar-refractivity contribution is 0.393. The Morgan fingerprint density at radius 3 is 2.12 bits per heavy atom. The SMILES string of the molecule is Cc1cc(CSc2nnc(-c3ccccc3)c(-c3ccccc3)n2)no1. The lowest BCUT2D eigenvalue weighted by atomic mass is 10.0. The van der Waals surface area contributed by atoms with Crippen LogP contribution in [0.15, 0.2) is 76.4 Å². The summed E-state index contributed by atoms with van der Waals surface area (Å²) in [5, 5.41) is 13.4. The maximum atomic E-state index is 5.10. The third-order valence-electron chi connectivity index (χ3n) is 3.79. The summed E-state index contributed by atoms with van der Waals surface area (Å²) in [6, 6.07) is 22.0. The van der Waals surface area contributed by atoms with E-state index in [2.05, 4.69) is 15.4 Å². The number of rotatable bonds is 5. The van der Waals surface area contributed by atoms with E-state index < -0.39 is 0 Å². The highest BCUT2D eigenvalue weighted by Gasteiger charge is 2.14. The Morgan fingerprint density at radius 1 is 0.846 bits per heavy atom. The Bertz CT molecular complexity index is 1000. The Labute approximate surface area is 155 Å². The van der Waals surface area contributed by atoms with Crippen LogP contribution >= 0.6 is 11.8 Å². The van der Waals surface area contributed by atoms with Gasteiger partial charge < -0.3 is 4.52 Å². The van der Waals surface area contributed by atoms with Gasteiger partial charge in [0.25, 0.3) is 0 Å². The molecule has 128 valence electrons. The molecule has 26 heavy (non-hydrogen) atoms. The van der Waals surface area contributed by atoms with Crippen LogP contribution < -0.4 is 0 Å². The van der Waals surface area contributed by atoms with Crippen molar-refractivity contribution < 1.29 is 4.52 Å². The summed E-state index contributed by atoms with van der Waals surface area (Å²) >= 11 is 1.49. The zero-order valence-electron chi connectivity index (χ0n) is 14.2. The average Bonchev–Trinajstić information content (AvgIpc) is 3.13. The third-order valence-corrected chi connectivity index (χ3v) is 4.66. The molecule has 0 spiro atoms. The van der Waals surface area contributed by atoms with Crippen molar-refractivity contribution >= 4 is 11.8 Å². The van der Waals surface area contributed by atoms with Gasteiger partial charge in [-0.25, -0.2) is 4.98 Å². The van der Waals surface area contributed by atoms with Gasteiger partial charge in [0, 0.05) is 22.9 Å². The van der Waals surface area contributed by atoms with Crippen LogP contribution in [0.3, 0.4) is 0 Å². The first-order chi connectivity index (χ1) is 12.8. The molecule has 0 amide bonds. The van der Waals surface area contributed by atoms with E-state index in [-0.39, 0.29) is 0 Å². The molecule has 0 radical (unpaired) electrons. The number of hydrogen-bond acceptors (Lipinski definition) is 6. The van der Waals surface area contributed by atoms with Crippen LogP contribution in [0, 0.1) is 6.92 Å². The van der Waals surface area contributed by atoms with Crippen LogP contribution in [0.4, 0.5) is 0 Å². The molecule has 2 heterocycles. The molecule has 0 N–H and O–H groups in total. The molecule has 2 aromatic carbocycles. The summed E-state index contributed by atoms with van der Waals surface area (Å²) in [5.41, 5.74) is 4.48. The van der Waals surface area contributed by atoms with Crippen LogP contribution in [0.5, 0.6) is 0 Å². The Kier molecular flexibility index (Phi) is 4.75. The van der Waals surface area contributed by atoms with Crippen LogP contribution in [-0.4, -0.2) is 20.3 Å². The van der Waals surface area contributed by atoms with Gasteiger partial charge in [0.05, 0.1) is 5.69 Å². The maximum Gasteiger partial charge on any atom is 0.210 e. The van der Waals surface area contributed by atoms with Gasteiger partial charge in [0.2, 0.25) is 5.16 Å². The molecule has 4 rings (SSSR count). The lowest BCUT2D eigenvalue weighted by Gasteiger charge is -2.09. The highest BCUT2D eigenvalue weighted by atomic mass is 32.2. The molecule has 2 aromatic heterocycles. The molecule has 0 unspecified atom stereocenters. The van der Waals surface area contributed by atoms with Crippen LogP contribution in [-0.2, 0) is 5.75 Å². The Balaban J connectivity index is 1.69. The molecule has 0 aliphatic carbocycles. The molecular weight excluding hydrogens is 344 g/mol. The predicted octanol–water partition coefficient (Wildman–Crippen LogP) is 4.79. The molecule has 0 fully saturated rings. The summed E-state index contributed by atoms with van der Waals surface area (Å²) in [6.07, 6.45) is 0. The second kappa shape index (κ2) is 7.49. The van der Waals surface area contributed by atoms with E-state index in [1.807, 2.05) is 73.7 Å². The van der Waals surface area contributed by atoms with Gasteiger partial charge in [-0.2, -0.15) is 0 Å². The smallest absolute Gasteiger partial charge is 0.210 e. The molecule has 0 saturated carbocycles. The second-order valence-corrected chi connectivity index (χ2v) is 6.68. The maximum absolute atomic E-state index is 5.10. The van der Waals surface area contributed by atoms with Crippen molar-refractivity contribution in [2.45, 2.75) is 17.8 Å². The first-order valence-corrected chi connectivity index (χ1v) is 9.19. The van der Waals surface area contributed by atoms with Crippen LogP contribution in [0.2, 0.25) is 0 Å². The highest BCUT2D eigenvalue weighted by Crippen LogP contribution is 2.30. The Hall–Kier alpha value is -2.99. The zero-order chi connectivity index (χ0) is 17.8. The van der Waals surface area contributed by atoms with E-state index >= 15 is 0 Å². The van der Waals surface area contributed by atoms with Gasteiger partial charge in [-0.3, -0.25) is 0 Å². The number of thioether (sulfide) groups is 1. The summed E-state index contributed by atoms with van der Waals surface area (Å²) < 4.78 is 5.10. The predicted molar refractivity (Wildman–Crippen MR) is 102 cm³/mol. The number of nitrogens with zero attached hydrogens (tertiary/aromatic N) is 4. The van der Waals surface area contributed by atoms with Gasteiger partial charge in [0.15, 0.2) is 0 Å². The standard InChI is InChI=1S/C20H16N4OS/c1-14-12-17(24-25-14)13-26-20-21-18(15-8-4-2-5-9-15)19(22-23-20)16-10-6-3-7-11-16/h2-12H,13H2,1H3. The summed E-state index contributed by atoms with van der Waals surface area (Å²) in [7, 11) is 0. The van der Waals surface area contributed by atoms with Gasteiger partial charge >= 0.3 is 0 Å². The van der Waals surface area contributed by atoms with Gasteiger partial charge in [-0.1, -0.05) is 77.6 Å². The van der Waals surface area contributed by atoms with Crippen molar-refractivity contribution in [3.05, 3.63) is 78.2 Å². The largest absolute Gasteiger partial charge is 0.361 e. The normalized spacial score (nSPS) is 10.8. The van der Waals surface area contributed by atoms with Crippen molar-refractivity contribution in [2.75, 3.05) is 0 Å². The van der Waals surface area contributed by atoms with E-state index in [4.69, 9.17) is 9.51 Å². The topological polar surface area (TPSA) is 64.7 Å². The lowest BCUT2D eigenvalue weighted by Crippen LogP contribution is -1.99. The number of aryl methyl sites for hydroxylation is 1. The summed E-state index contributed by atoms with van der Waals surface area (Å²) in [6.45, 7) is 1.88. The zero-order valence-corrected chi connectivity index (χ0v) is 15.0. The first kappa shape index (κ1) is 16.5. The fraction of sp³-hybridized carbons (Fsp3) is 0.100. The molecular formula is C20H16N4OS. The van der Waals surface area contributed by atoms with E-state index in [9.17, 15) is 0 Å². The minimum Gasteiger partial charge on any atom is -0.361 e. The van der Waals surface area contributed by atoms with Crippen LogP contribution in [0.25, 0.3) is 22.5 Å². The van der Waals surface area contributed by atoms with Crippen molar-refractivity contribution in [1.29, 1.82) is 0 Å². The highest BCUT2D eigenvalue weighted by molar-refractivity contribution is 7.98. The Morgan fingerprint density at radius 2 is 1.50 bits per heavy atom. The molecule has 5 nitrogen and oxygen atoms in total. The average molecular weight is 360 g/mol. The first-order valence-electron chi connectivity index (χ1n) is 8.20. The fourth-order valence-corrected chi connectivity index (χ4v) is 3.25. The minimum atomic E-state index is 0.615. The van der Waals surface area contributed by atoms with E-state index in [1.165, 1.54) is 11.8 Å². The van der Waals surface area contributed by atoms with Crippen molar-refractivity contribution in [2.24, 2.45) is 0 Å². The number of hydrogen-bond donors (Lipinski definition) is 0. The number of aromatic nitrogens is 4. The van der Waals surface area contributed by atoms with E-state index in [0.29, 0.717) is 10.9 Å². The van der Waals surface area contributed by atoms with Crippen molar-refractivity contribution in [3.8, 4) is 22.5 Å². The summed E-state index contributed by atoms with van der Waals surface area (Å²) in [4.78, 5) is 4.77. The van der Waals surface area contributed by atoms with Gasteiger partial charge in [0.1, 0.15) is 17.1 Å². The molecule has 0 saturated heterocycles. The quantitative estimate of drug-likeness (QED) is 0.477. The molecule has 0 aliphatic heterocycles. The monoisotopic (exact) mass is 360 g/mol. The molecule has 0 bridgehead atoms. The fourth-order valence-electron chi connectivity index (χ4n) is 2.58.